The predicted molar refractivity (Wildman–Crippen MR) is 85.3 cm³/mol. The lowest BCUT2D eigenvalue weighted by atomic mass is 10.0. The maximum atomic E-state index is 12.3. The molecule has 4 heteroatoms. The van der Waals surface area contributed by atoms with E-state index in [1.807, 2.05) is 24.4 Å². The zero-order valence-corrected chi connectivity index (χ0v) is 12.6. The Morgan fingerprint density at radius 1 is 1.43 bits per heavy atom. The van der Waals surface area contributed by atoms with Crippen LogP contribution in [0.3, 0.4) is 0 Å². The van der Waals surface area contributed by atoms with Crippen LogP contribution in [0.5, 0.6) is 0 Å². The van der Waals surface area contributed by atoms with Crippen molar-refractivity contribution in [1.82, 2.24) is 15.2 Å². The largest absolute Gasteiger partial charge is 0.361 e. The first-order valence-corrected chi connectivity index (χ1v) is 7.83. The summed E-state index contributed by atoms with van der Waals surface area (Å²) in [6.07, 6.45) is 4.66. The van der Waals surface area contributed by atoms with Crippen LogP contribution in [0.25, 0.3) is 10.9 Å². The van der Waals surface area contributed by atoms with Crippen LogP contribution in [0, 0.1) is 0 Å². The van der Waals surface area contributed by atoms with Crippen LogP contribution in [-0.2, 0) is 11.2 Å². The van der Waals surface area contributed by atoms with Gasteiger partial charge in [-0.05, 0) is 37.6 Å². The first-order valence-electron chi connectivity index (χ1n) is 7.83. The SMILES string of the molecule is CCN1CCC[C@H](NC(=O)Cc2c[nH]c3ccccc23)C1. The monoisotopic (exact) mass is 285 g/mol. The Kier molecular flexibility index (Phi) is 4.25. The van der Waals surface area contributed by atoms with Crippen LogP contribution in [0.2, 0.25) is 0 Å². The van der Waals surface area contributed by atoms with Gasteiger partial charge in [0.05, 0.1) is 6.42 Å². The standard InChI is InChI=1S/C17H23N3O/c1-2-20-9-5-6-14(12-20)19-17(21)10-13-11-18-16-8-4-3-7-15(13)16/h3-4,7-8,11,14,18H,2,5-6,9-10,12H2,1H3,(H,19,21)/t14-/m0/s1. The summed E-state index contributed by atoms with van der Waals surface area (Å²) in [5, 5.41) is 4.34. The zero-order chi connectivity index (χ0) is 14.7. The Balaban J connectivity index is 1.61. The van der Waals surface area contributed by atoms with Crippen molar-refractivity contribution in [2.45, 2.75) is 32.2 Å². The number of aromatic amines is 1. The van der Waals surface area contributed by atoms with Crippen molar-refractivity contribution in [2.75, 3.05) is 19.6 Å². The second-order valence-corrected chi connectivity index (χ2v) is 5.84. The molecule has 1 aliphatic heterocycles. The molecule has 1 amide bonds. The van der Waals surface area contributed by atoms with Crippen LogP contribution in [-0.4, -0.2) is 41.5 Å². The number of likely N-dealkylation sites (tertiary alicyclic amines) is 1. The molecular weight excluding hydrogens is 262 g/mol. The van der Waals surface area contributed by atoms with E-state index in [2.05, 4.69) is 28.2 Å². The minimum atomic E-state index is 0.128. The summed E-state index contributed by atoms with van der Waals surface area (Å²) in [7, 11) is 0. The molecule has 0 radical (unpaired) electrons. The summed E-state index contributed by atoms with van der Waals surface area (Å²) >= 11 is 0. The molecule has 1 aromatic heterocycles. The van der Waals surface area contributed by atoms with Crippen molar-refractivity contribution in [3.05, 3.63) is 36.0 Å². The number of fused-ring (bicyclic) bond motifs is 1. The molecule has 0 bridgehead atoms. The van der Waals surface area contributed by atoms with E-state index < -0.39 is 0 Å². The van der Waals surface area contributed by atoms with Crippen molar-refractivity contribution in [2.24, 2.45) is 0 Å². The highest BCUT2D eigenvalue weighted by molar-refractivity contribution is 5.88. The number of carbonyl (C=O) groups excluding carboxylic acids is 1. The van der Waals surface area contributed by atoms with Crippen LogP contribution in [0.15, 0.2) is 30.5 Å². The third-order valence-electron chi connectivity index (χ3n) is 4.34. The topological polar surface area (TPSA) is 48.1 Å². The minimum Gasteiger partial charge on any atom is -0.361 e. The van der Waals surface area contributed by atoms with E-state index in [4.69, 9.17) is 0 Å². The lowest BCUT2D eigenvalue weighted by Crippen LogP contribution is -2.47. The maximum absolute atomic E-state index is 12.3. The number of hydrogen-bond donors (Lipinski definition) is 2. The number of hydrogen-bond acceptors (Lipinski definition) is 2. The molecule has 0 unspecified atom stereocenters. The van der Waals surface area contributed by atoms with E-state index in [1.165, 1.54) is 6.42 Å². The lowest BCUT2D eigenvalue weighted by molar-refractivity contribution is -0.121. The number of carbonyl (C=O) groups is 1. The Morgan fingerprint density at radius 2 is 2.29 bits per heavy atom. The van der Waals surface area contributed by atoms with Gasteiger partial charge in [-0.3, -0.25) is 4.79 Å². The van der Waals surface area contributed by atoms with Gasteiger partial charge in [0, 0.05) is 29.7 Å². The number of para-hydroxylation sites is 1. The molecule has 112 valence electrons. The second-order valence-electron chi connectivity index (χ2n) is 5.84. The number of piperidine rings is 1. The van der Waals surface area contributed by atoms with Crippen molar-refractivity contribution < 1.29 is 4.79 Å². The summed E-state index contributed by atoms with van der Waals surface area (Å²) in [5.74, 6) is 0.128. The fraction of sp³-hybridized carbons (Fsp3) is 0.471. The molecule has 0 saturated carbocycles. The molecule has 1 aromatic carbocycles. The Labute approximate surface area is 125 Å². The highest BCUT2D eigenvalue weighted by Gasteiger charge is 2.20. The summed E-state index contributed by atoms with van der Waals surface area (Å²) in [5.41, 5.74) is 2.17. The Morgan fingerprint density at radius 3 is 3.14 bits per heavy atom. The fourth-order valence-electron chi connectivity index (χ4n) is 3.19. The van der Waals surface area contributed by atoms with Gasteiger partial charge >= 0.3 is 0 Å². The Hall–Kier alpha value is -1.81. The zero-order valence-electron chi connectivity index (χ0n) is 12.6. The number of benzene rings is 1. The number of likely N-dealkylation sites (N-methyl/N-ethyl adjacent to an activating group) is 1. The number of nitrogens with zero attached hydrogens (tertiary/aromatic N) is 1. The average Bonchev–Trinajstić information content (AvgIpc) is 2.91. The van der Waals surface area contributed by atoms with Crippen LogP contribution >= 0.6 is 0 Å². The number of aromatic nitrogens is 1. The molecule has 0 spiro atoms. The lowest BCUT2D eigenvalue weighted by Gasteiger charge is -2.32. The molecule has 2 aromatic rings. The quantitative estimate of drug-likeness (QED) is 0.905. The van der Waals surface area contributed by atoms with Crippen molar-refractivity contribution >= 4 is 16.8 Å². The van der Waals surface area contributed by atoms with Gasteiger partial charge in [0.15, 0.2) is 0 Å². The van der Waals surface area contributed by atoms with E-state index in [1.54, 1.807) is 0 Å². The molecule has 2 N–H and O–H groups in total. The number of nitrogens with one attached hydrogen (secondary N) is 2. The molecule has 1 fully saturated rings. The highest BCUT2D eigenvalue weighted by atomic mass is 16.1. The molecular formula is C17H23N3O. The first kappa shape index (κ1) is 14.1. The smallest absolute Gasteiger partial charge is 0.224 e. The predicted octanol–water partition coefficient (Wildman–Crippen LogP) is 2.31. The third-order valence-corrected chi connectivity index (χ3v) is 4.34. The van der Waals surface area contributed by atoms with Gasteiger partial charge in [0.2, 0.25) is 5.91 Å². The van der Waals surface area contributed by atoms with Crippen molar-refractivity contribution in [3.8, 4) is 0 Å². The second kappa shape index (κ2) is 6.31. The summed E-state index contributed by atoms with van der Waals surface area (Å²) in [4.78, 5) is 17.9. The number of rotatable bonds is 4. The van der Waals surface area contributed by atoms with Gasteiger partial charge in [-0.1, -0.05) is 25.1 Å². The van der Waals surface area contributed by atoms with E-state index in [-0.39, 0.29) is 5.91 Å². The van der Waals surface area contributed by atoms with Crippen molar-refractivity contribution in [1.29, 1.82) is 0 Å². The van der Waals surface area contributed by atoms with Gasteiger partial charge in [-0.25, -0.2) is 0 Å². The Bertz CT molecular complexity index is 619. The van der Waals surface area contributed by atoms with E-state index in [0.717, 1.165) is 42.5 Å². The fourth-order valence-corrected chi connectivity index (χ4v) is 3.19. The van der Waals surface area contributed by atoms with E-state index >= 15 is 0 Å². The molecule has 2 heterocycles. The van der Waals surface area contributed by atoms with E-state index in [0.29, 0.717) is 12.5 Å². The van der Waals surface area contributed by atoms with Crippen LogP contribution < -0.4 is 5.32 Å². The van der Waals surface area contributed by atoms with Gasteiger partial charge in [-0.2, -0.15) is 0 Å². The molecule has 0 aliphatic carbocycles. The number of H-pyrrole nitrogens is 1. The molecule has 1 saturated heterocycles. The van der Waals surface area contributed by atoms with Crippen molar-refractivity contribution in [3.63, 3.8) is 0 Å². The van der Waals surface area contributed by atoms with Gasteiger partial charge in [-0.15, -0.1) is 0 Å². The summed E-state index contributed by atoms with van der Waals surface area (Å²) in [6.45, 7) is 5.38. The van der Waals surface area contributed by atoms with Gasteiger partial charge in [0.25, 0.3) is 0 Å². The summed E-state index contributed by atoms with van der Waals surface area (Å²) in [6, 6.07) is 8.42. The average molecular weight is 285 g/mol. The number of amides is 1. The van der Waals surface area contributed by atoms with Gasteiger partial charge in [0.1, 0.15) is 0 Å². The normalized spacial score (nSPS) is 19.8. The highest BCUT2D eigenvalue weighted by Crippen LogP contribution is 2.18. The molecule has 3 rings (SSSR count). The maximum Gasteiger partial charge on any atom is 0.224 e. The van der Waals surface area contributed by atoms with E-state index in [9.17, 15) is 4.79 Å². The van der Waals surface area contributed by atoms with Gasteiger partial charge < -0.3 is 15.2 Å². The van der Waals surface area contributed by atoms with Crippen LogP contribution in [0.1, 0.15) is 25.3 Å². The first-order chi connectivity index (χ1) is 10.3. The molecule has 1 aliphatic rings. The van der Waals surface area contributed by atoms with Crippen LogP contribution in [0.4, 0.5) is 0 Å². The minimum absolute atomic E-state index is 0.128. The molecule has 21 heavy (non-hydrogen) atoms. The molecule has 1 atom stereocenters. The third kappa shape index (κ3) is 3.27. The molecule has 4 nitrogen and oxygen atoms in total. The summed E-state index contributed by atoms with van der Waals surface area (Å²) < 4.78 is 0.